The third-order valence-corrected chi connectivity index (χ3v) is 6.19. The molecule has 1 saturated carbocycles. The molecule has 0 atom stereocenters. The van der Waals surface area contributed by atoms with Gasteiger partial charge in [0, 0.05) is 19.8 Å². The number of benzene rings is 1. The number of aryl methyl sites for hydroxylation is 1. The molecule has 3 aromatic rings. The van der Waals surface area contributed by atoms with Gasteiger partial charge in [-0.2, -0.15) is 0 Å². The quantitative estimate of drug-likeness (QED) is 0.738. The Morgan fingerprint density at radius 2 is 2.14 bits per heavy atom. The van der Waals surface area contributed by atoms with Crippen LogP contribution in [0.4, 0.5) is 5.69 Å². The summed E-state index contributed by atoms with van der Waals surface area (Å²) in [5, 5.41) is 3.04. The number of nitrogens with zero attached hydrogens (tertiary/aromatic N) is 3. The first-order valence-electron chi connectivity index (χ1n) is 10.3. The number of anilines is 1. The molecule has 0 unspecified atom stereocenters. The lowest BCUT2D eigenvalue weighted by Crippen LogP contribution is -2.29. The van der Waals surface area contributed by atoms with Gasteiger partial charge in [-0.15, -0.1) is 0 Å². The summed E-state index contributed by atoms with van der Waals surface area (Å²) in [7, 11) is 2.06. The molecule has 29 heavy (non-hydrogen) atoms. The third kappa shape index (κ3) is 3.22. The molecule has 6 heteroatoms. The van der Waals surface area contributed by atoms with Crippen LogP contribution in [0.1, 0.15) is 52.5 Å². The average Bonchev–Trinajstić information content (AvgIpc) is 3.00. The second-order valence-electron chi connectivity index (χ2n) is 8.12. The fourth-order valence-corrected chi connectivity index (χ4v) is 4.23. The van der Waals surface area contributed by atoms with E-state index < -0.39 is 0 Å². The first-order chi connectivity index (χ1) is 14.1. The second kappa shape index (κ2) is 7.10. The SMILES string of the molecule is Cc1nc2cc(C3CCC3)ccn2c1C(=O)NCc1ccc2c(c1)OCCN2C. The van der Waals surface area contributed by atoms with Gasteiger partial charge in [-0.1, -0.05) is 12.5 Å². The van der Waals surface area contributed by atoms with Gasteiger partial charge in [0.05, 0.1) is 17.9 Å². The van der Waals surface area contributed by atoms with Crippen molar-refractivity contribution in [2.45, 2.75) is 38.6 Å². The second-order valence-corrected chi connectivity index (χ2v) is 8.12. The minimum Gasteiger partial charge on any atom is -0.490 e. The van der Waals surface area contributed by atoms with Crippen molar-refractivity contribution in [3.63, 3.8) is 0 Å². The Morgan fingerprint density at radius 3 is 2.93 bits per heavy atom. The summed E-state index contributed by atoms with van der Waals surface area (Å²) in [6.07, 6.45) is 5.80. The Bertz CT molecular complexity index is 1080. The fourth-order valence-electron chi connectivity index (χ4n) is 4.23. The summed E-state index contributed by atoms with van der Waals surface area (Å²) < 4.78 is 7.67. The molecule has 150 valence electrons. The molecule has 5 rings (SSSR count). The maximum atomic E-state index is 12.9. The minimum absolute atomic E-state index is 0.109. The van der Waals surface area contributed by atoms with Gasteiger partial charge in [-0.05, 0) is 61.1 Å². The zero-order chi connectivity index (χ0) is 20.0. The van der Waals surface area contributed by atoms with Gasteiger partial charge in [0.25, 0.3) is 5.91 Å². The van der Waals surface area contributed by atoms with Crippen LogP contribution in [0.15, 0.2) is 36.5 Å². The Balaban J connectivity index is 1.34. The highest BCUT2D eigenvalue weighted by Crippen LogP contribution is 2.36. The van der Waals surface area contributed by atoms with Crippen LogP contribution in [0.2, 0.25) is 0 Å². The van der Waals surface area contributed by atoms with E-state index in [1.54, 1.807) is 0 Å². The van der Waals surface area contributed by atoms with Crippen LogP contribution in [0.3, 0.4) is 0 Å². The highest BCUT2D eigenvalue weighted by molar-refractivity contribution is 5.94. The molecule has 3 heterocycles. The lowest BCUT2D eigenvalue weighted by atomic mass is 9.80. The highest BCUT2D eigenvalue weighted by atomic mass is 16.5. The molecule has 1 amide bonds. The van der Waals surface area contributed by atoms with Crippen molar-refractivity contribution in [2.75, 3.05) is 25.1 Å². The summed E-state index contributed by atoms with van der Waals surface area (Å²) in [4.78, 5) is 19.7. The van der Waals surface area contributed by atoms with E-state index >= 15 is 0 Å². The minimum atomic E-state index is -0.109. The van der Waals surface area contributed by atoms with Crippen molar-refractivity contribution in [1.82, 2.24) is 14.7 Å². The zero-order valence-corrected chi connectivity index (χ0v) is 16.9. The number of rotatable bonds is 4. The predicted molar refractivity (Wildman–Crippen MR) is 113 cm³/mol. The fraction of sp³-hybridized carbons (Fsp3) is 0.391. The standard InChI is InChI=1S/C23H26N4O2/c1-15-22(27-9-8-18(13-21(27)25-15)17-4-3-5-17)23(28)24-14-16-6-7-19-20(12-16)29-11-10-26(19)2/h6-9,12-13,17H,3-5,10-11,14H2,1-2H3,(H,24,28). The number of aromatic nitrogens is 2. The van der Waals surface area contributed by atoms with Crippen molar-refractivity contribution in [3.05, 3.63) is 59.0 Å². The van der Waals surface area contributed by atoms with Crippen LogP contribution in [-0.4, -0.2) is 35.5 Å². The number of hydrogen-bond donors (Lipinski definition) is 1. The number of carbonyl (C=O) groups is 1. The largest absolute Gasteiger partial charge is 0.490 e. The molecule has 1 aromatic carbocycles. The molecular formula is C23H26N4O2. The van der Waals surface area contributed by atoms with Crippen LogP contribution in [0, 0.1) is 6.92 Å². The van der Waals surface area contributed by atoms with E-state index in [2.05, 4.69) is 40.4 Å². The van der Waals surface area contributed by atoms with E-state index in [9.17, 15) is 4.79 Å². The van der Waals surface area contributed by atoms with Gasteiger partial charge in [0.15, 0.2) is 0 Å². The van der Waals surface area contributed by atoms with Gasteiger partial charge < -0.3 is 15.0 Å². The van der Waals surface area contributed by atoms with Crippen LogP contribution in [-0.2, 0) is 6.54 Å². The third-order valence-electron chi connectivity index (χ3n) is 6.19. The number of likely N-dealkylation sites (N-methyl/N-ethyl adjacent to an activating group) is 1. The van der Waals surface area contributed by atoms with Gasteiger partial charge in [0.1, 0.15) is 23.7 Å². The number of hydrogen-bond acceptors (Lipinski definition) is 4. The maximum absolute atomic E-state index is 12.9. The smallest absolute Gasteiger partial charge is 0.270 e. The van der Waals surface area contributed by atoms with Crippen LogP contribution < -0.4 is 15.0 Å². The lowest BCUT2D eigenvalue weighted by molar-refractivity contribution is 0.0944. The van der Waals surface area contributed by atoms with E-state index in [1.165, 1.54) is 24.8 Å². The van der Waals surface area contributed by atoms with Crippen LogP contribution >= 0.6 is 0 Å². The first-order valence-corrected chi connectivity index (χ1v) is 10.3. The molecular weight excluding hydrogens is 364 g/mol. The van der Waals surface area contributed by atoms with Crippen molar-refractivity contribution in [3.8, 4) is 5.75 Å². The number of carbonyl (C=O) groups excluding carboxylic acids is 1. The Hall–Kier alpha value is -3.02. The molecule has 0 spiro atoms. The summed E-state index contributed by atoms with van der Waals surface area (Å²) in [5.74, 6) is 1.42. The molecule has 6 nitrogen and oxygen atoms in total. The summed E-state index contributed by atoms with van der Waals surface area (Å²) in [6, 6.07) is 10.4. The van der Waals surface area contributed by atoms with E-state index in [-0.39, 0.29) is 5.91 Å². The summed E-state index contributed by atoms with van der Waals surface area (Å²) in [6.45, 7) is 3.92. The van der Waals surface area contributed by atoms with E-state index in [0.29, 0.717) is 24.8 Å². The monoisotopic (exact) mass is 390 g/mol. The predicted octanol–water partition coefficient (Wildman–Crippen LogP) is 3.67. The molecule has 0 bridgehead atoms. The van der Waals surface area contributed by atoms with E-state index in [4.69, 9.17) is 4.74 Å². The summed E-state index contributed by atoms with van der Waals surface area (Å²) >= 11 is 0. The van der Waals surface area contributed by atoms with Gasteiger partial charge in [-0.25, -0.2) is 4.98 Å². The number of fused-ring (bicyclic) bond motifs is 2. The number of pyridine rings is 1. The number of imidazole rings is 1. The van der Waals surface area contributed by atoms with Crippen molar-refractivity contribution < 1.29 is 9.53 Å². The van der Waals surface area contributed by atoms with Crippen molar-refractivity contribution >= 4 is 17.2 Å². The summed E-state index contributed by atoms with van der Waals surface area (Å²) in [5.41, 5.74) is 5.65. The molecule has 2 aliphatic rings. The van der Waals surface area contributed by atoms with Crippen molar-refractivity contribution in [1.29, 1.82) is 0 Å². The van der Waals surface area contributed by atoms with E-state index in [1.807, 2.05) is 29.7 Å². The van der Waals surface area contributed by atoms with Gasteiger partial charge in [0.2, 0.25) is 0 Å². The molecule has 1 N–H and O–H groups in total. The topological polar surface area (TPSA) is 58.9 Å². The van der Waals surface area contributed by atoms with Crippen molar-refractivity contribution in [2.24, 2.45) is 0 Å². The molecule has 1 fully saturated rings. The van der Waals surface area contributed by atoms with Crippen LogP contribution in [0.25, 0.3) is 5.65 Å². The molecule has 1 aliphatic heterocycles. The molecule has 1 aliphatic carbocycles. The number of nitrogens with one attached hydrogen (secondary N) is 1. The van der Waals surface area contributed by atoms with E-state index in [0.717, 1.165) is 34.9 Å². The first kappa shape index (κ1) is 18.0. The van der Waals surface area contributed by atoms with Gasteiger partial charge >= 0.3 is 0 Å². The Morgan fingerprint density at radius 1 is 1.28 bits per heavy atom. The molecule has 2 aromatic heterocycles. The van der Waals surface area contributed by atoms with Crippen LogP contribution in [0.5, 0.6) is 5.75 Å². The zero-order valence-electron chi connectivity index (χ0n) is 16.9. The van der Waals surface area contributed by atoms with Gasteiger partial charge in [-0.3, -0.25) is 9.20 Å². The Kier molecular flexibility index (Phi) is 4.42. The number of amides is 1. The molecule has 0 radical (unpaired) electrons. The molecule has 0 saturated heterocycles. The lowest BCUT2D eigenvalue weighted by Gasteiger charge is -2.28. The Labute approximate surface area is 170 Å². The number of ether oxygens (including phenoxy) is 1. The normalized spacial score (nSPS) is 16.3. The highest BCUT2D eigenvalue weighted by Gasteiger charge is 2.22. The average molecular weight is 390 g/mol. The maximum Gasteiger partial charge on any atom is 0.270 e.